The third-order valence-electron chi connectivity index (χ3n) is 3.26. The van der Waals surface area contributed by atoms with Crippen molar-refractivity contribution in [2.45, 2.75) is 18.9 Å². The Morgan fingerprint density at radius 2 is 2.06 bits per heavy atom. The molecule has 0 spiro atoms. The van der Waals surface area contributed by atoms with E-state index in [-0.39, 0.29) is 5.75 Å². The van der Waals surface area contributed by atoms with Gasteiger partial charge in [0, 0.05) is 0 Å². The molecule has 1 aromatic rings. The van der Waals surface area contributed by atoms with E-state index < -0.39 is 12.0 Å². The number of carbonyl (C=O) groups is 1. The Morgan fingerprint density at radius 1 is 1.39 bits per heavy atom. The quantitative estimate of drug-likeness (QED) is 0.851. The number of hydrogen-bond acceptors (Lipinski definition) is 4. The zero-order valence-corrected chi connectivity index (χ0v) is 10.3. The van der Waals surface area contributed by atoms with Crippen LogP contribution in [0.4, 0.5) is 0 Å². The van der Waals surface area contributed by atoms with E-state index in [1.54, 1.807) is 12.1 Å². The van der Waals surface area contributed by atoms with Crippen molar-refractivity contribution in [3.8, 4) is 11.5 Å². The van der Waals surface area contributed by atoms with Crippen LogP contribution >= 0.6 is 0 Å². The number of phenols is 1. The van der Waals surface area contributed by atoms with Crippen LogP contribution in [0.1, 0.15) is 24.4 Å². The van der Waals surface area contributed by atoms with Crippen molar-refractivity contribution in [2.24, 2.45) is 0 Å². The fraction of sp³-hybridized carbons (Fsp3) is 0.462. The number of carboxylic acids is 1. The summed E-state index contributed by atoms with van der Waals surface area (Å²) in [6.07, 6.45) is 2.04. The molecule has 0 aromatic heterocycles. The minimum atomic E-state index is -0.888. The van der Waals surface area contributed by atoms with Gasteiger partial charge in [0.25, 0.3) is 0 Å². The monoisotopic (exact) mass is 251 g/mol. The normalized spacial score (nSPS) is 17.6. The molecule has 0 aliphatic carbocycles. The summed E-state index contributed by atoms with van der Waals surface area (Å²) >= 11 is 0. The highest BCUT2D eigenvalue weighted by atomic mass is 16.5. The Hall–Kier alpha value is -1.75. The van der Waals surface area contributed by atoms with Crippen LogP contribution in [-0.4, -0.2) is 41.3 Å². The molecule has 98 valence electrons. The average molecular weight is 251 g/mol. The molecule has 5 heteroatoms. The Balaban J connectivity index is 2.30. The second-order valence-electron chi connectivity index (χ2n) is 4.42. The van der Waals surface area contributed by atoms with Gasteiger partial charge in [0.2, 0.25) is 0 Å². The van der Waals surface area contributed by atoms with E-state index in [1.165, 1.54) is 13.2 Å². The first-order valence-electron chi connectivity index (χ1n) is 5.97. The highest BCUT2D eigenvalue weighted by Crippen LogP contribution is 2.32. The lowest BCUT2D eigenvalue weighted by atomic mass is 10.0. The second kappa shape index (κ2) is 5.27. The molecule has 1 saturated heterocycles. The third-order valence-corrected chi connectivity index (χ3v) is 3.26. The van der Waals surface area contributed by atoms with Gasteiger partial charge in [-0.2, -0.15) is 0 Å². The summed E-state index contributed by atoms with van der Waals surface area (Å²) in [6, 6.07) is 4.06. The lowest BCUT2D eigenvalue weighted by molar-refractivity contribution is -0.143. The Morgan fingerprint density at radius 3 is 2.56 bits per heavy atom. The van der Waals surface area contributed by atoms with Gasteiger partial charge in [0.05, 0.1) is 7.11 Å². The largest absolute Gasteiger partial charge is 0.504 e. The van der Waals surface area contributed by atoms with Gasteiger partial charge in [-0.25, -0.2) is 0 Å². The molecule has 1 aromatic carbocycles. The first-order valence-corrected chi connectivity index (χ1v) is 5.97. The number of carboxylic acid groups (broad SMARTS) is 1. The first-order chi connectivity index (χ1) is 8.63. The number of nitrogens with zero attached hydrogens (tertiary/aromatic N) is 1. The van der Waals surface area contributed by atoms with Gasteiger partial charge < -0.3 is 14.9 Å². The van der Waals surface area contributed by atoms with Crippen molar-refractivity contribution in [1.29, 1.82) is 0 Å². The highest BCUT2D eigenvalue weighted by molar-refractivity contribution is 5.76. The van der Waals surface area contributed by atoms with Gasteiger partial charge in [-0.15, -0.1) is 0 Å². The van der Waals surface area contributed by atoms with E-state index in [9.17, 15) is 15.0 Å². The molecule has 2 rings (SSSR count). The van der Waals surface area contributed by atoms with Gasteiger partial charge >= 0.3 is 5.97 Å². The zero-order valence-electron chi connectivity index (χ0n) is 10.3. The van der Waals surface area contributed by atoms with Crippen molar-refractivity contribution in [3.05, 3.63) is 23.8 Å². The molecular formula is C13H17NO4. The minimum Gasteiger partial charge on any atom is -0.504 e. The Labute approximate surface area is 106 Å². The SMILES string of the molecule is COc1ccc(C(C(=O)O)N2CCCC2)cc1O. The van der Waals surface area contributed by atoms with Crippen molar-refractivity contribution in [2.75, 3.05) is 20.2 Å². The summed E-state index contributed by atoms with van der Waals surface area (Å²) in [4.78, 5) is 13.3. The van der Waals surface area contributed by atoms with E-state index in [2.05, 4.69) is 0 Å². The summed E-state index contributed by atoms with van der Waals surface area (Å²) in [5, 5.41) is 19.1. The maximum Gasteiger partial charge on any atom is 0.325 e. The number of methoxy groups -OCH3 is 1. The van der Waals surface area contributed by atoms with E-state index in [0.717, 1.165) is 25.9 Å². The minimum absolute atomic E-state index is 0.0274. The molecule has 18 heavy (non-hydrogen) atoms. The second-order valence-corrected chi connectivity index (χ2v) is 4.42. The topological polar surface area (TPSA) is 70.0 Å². The smallest absolute Gasteiger partial charge is 0.325 e. The molecule has 1 aliphatic heterocycles. The molecule has 1 aliphatic rings. The average Bonchev–Trinajstić information content (AvgIpc) is 2.82. The van der Waals surface area contributed by atoms with Crippen LogP contribution in [0.15, 0.2) is 18.2 Å². The summed E-state index contributed by atoms with van der Waals surface area (Å²) in [5.41, 5.74) is 0.586. The van der Waals surface area contributed by atoms with E-state index in [0.29, 0.717) is 11.3 Å². The number of rotatable bonds is 4. The van der Waals surface area contributed by atoms with Crippen LogP contribution in [0.2, 0.25) is 0 Å². The van der Waals surface area contributed by atoms with E-state index in [4.69, 9.17) is 4.74 Å². The van der Waals surface area contributed by atoms with Crippen LogP contribution in [0, 0.1) is 0 Å². The molecule has 2 N–H and O–H groups in total. The maximum absolute atomic E-state index is 11.4. The molecule has 0 amide bonds. The van der Waals surface area contributed by atoms with Crippen LogP contribution in [0.3, 0.4) is 0 Å². The van der Waals surface area contributed by atoms with Crippen LogP contribution in [-0.2, 0) is 4.79 Å². The predicted octanol–water partition coefficient (Wildman–Crippen LogP) is 1.62. The highest BCUT2D eigenvalue weighted by Gasteiger charge is 2.29. The van der Waals surface area contributed by atoms with Gasteiger partial charge in [0.15, 0.2) is 11.5 Å². The summed E-state index contributed by atoms with van der Waals surface area (Å²) in [7, 11) is 1.46. The molecule has 1 fully saturated rings. The molecular weight excluding hydrogens is 234 g/mol. The van der Waals surface area contributed by atoms with Crippen molar-refractivity contribution in [1.82, 2.24) is 4.90 Å². The Kier molecular flexibility index (Phi) is 3.72. The number of aliphatic carboxylic acids is 1. The van der Waals surface area contributed by atoms with Crippen molar-refractivity contribution >= 4 is 5.97 Å². The molecule has 1 heterocycles. The predicted molar refractivity (Wildman–Crippen MR) is 65.8 cm³/mol. The summed E-state index contributed by atoms with van der Waals surface area (Å²) < 4.78 is 4.95. The number of ether oxygens (including phenoxy) is 1. The van der Waals surface area contributed by atoms with Gasteiger partial charge in [0.1, 0.15) is 6.04 Å². The molecule has 0 saturated carbocycles. The van der Waals surface area contributed by atoms with E-state index in [1.807, 2.05) is 4.90 Å². The van der Waals surface area contributed by atoms with Crippen LogP contribution < -0.4 is 4.74 Å². The van der Waals surface area contributed by atoms with Gasteiger partial charge in [-0.1, -0.05) is 6.07 Å². The standard InChI is InChI=1S/C13H17NO4/c1-18-11-5-4-9(8-10(11)15)12(13(16)17)14-6-2-3-7-14/h4-5,8,12,15H,2-3,6-7H2,1H3,(H,16,17). The molecule has 1 atom stereocenters. The maximum atomic E-state index is 11.4. The third kappa shape index (κ3) is 2.41. The van der Waals surface area contributed by atoms with Crippen LogP contribution in [0.5, 0.6) is 11.5 Å². The summed E-state index contributed by atoms with van der Waals surface area (Å²) in [6.45, 7) is 1.56. The molecule has 1 unspecified atom stereocenters. The lowest BCUT2D eigenvalue weighted by Gasteiger charge is -2.24. The number of aromatic hydroxyl groups is 1. The number of hydrogen-bond donors (Lipinski definition) is 2. The van der Waals surface area contributed by atoms with Crippen molar-refractivity contribution < 1.29 is 19.7 Å². The number of likely N-dealkylation sites (tertiary alicyclic amines) is 1. The number of phenolic OH excluding ortho intramolecular Hbond substituents is 1. The fourth-order valence-electron chi connectivity index (χ4n) is 2.39. The molecule has 5 nitrogen and oxygen atoms in total. The van der Waals surface area contributed by atoms with Gasteiger partial charge in [-0.3, -0.25) is 9.69 Å². The summed E-state index contributed by atoms with van der Waals surface area (Å²) in [5.74, 6) is -0.564. The fourth-order valence-corrected chi connectivity index (χ4v) is 2.39. The van der Waals surface area contributed by atoms with E-state index >= 15 is 0 Å². The van der Waals surface area contributed by atoms with Crippen LogP contribution in [0.25, 0.3) is 0 Å². The number of benzene rings is 1. The Bertz CT molecular complexity index is 441. The molecule has 0 radical (unpaired) electrons. The zero-order chi connectivity index (χ0) is 13.1. The van der Waals surface area contributed by atoms with Gasteiger partial charge in [-0.05, 0) is 43.6 Å². The molecule has 0 bridgehead atoms. The van der Waals surface area contributed by atoms with Crippen molar-refractivity contribution in [3.63, 3.8) is 0 Å². The lowest BCUT2D eigenvalue weighted by Crippen LogP contribution is -2.31. The first kappa shape index (κ1) is 12.7.